The predicted octanol–water partition coefficient (Wildman–Crippen LogP) is 7.87. The molecule has 0 aromatic heterocycles. The van der Waals surface area contributed by atoms with Gasteiger partial charge in [0.05, 0.1) is 19.8 Å². The molecule has 0 bridgehead atoms. The van der Waals surface area contributed by atoms with E-state index in [1.54, 1.807) is 42.5 Å². The second kappa shape index (κ2) is 14.4. The zero-order chi connectivity index (χ0) is 36.2. The number of aliphatic carboxylic acids is 1. The van der Waals surface area contributed by atoms with Crippen LogP contribution in [0, 0.1) is 14.3 Å². The summed E-state index contributed by atoms with van der Waals surface area (Å²) < 4.78 is 21.3. The van der Waals surface area contributed by atoms with E-state index in [1.807, 2.05) is 57.3 Å². The first-order chi connectivity index (χ1) is 24.3. The Morgan fingerprint density at radius 3 is 2.00 bits per heavy atom. The SMILES string of the molecule is O=C1OC2(c3ccc(O)cc3Oc3cc(O)ccc32)c2cccc(CNN[C@@H](Cc3cc(I)c(Oc4cc(I)c(O)c(I)c4)c(I)c3)C(=O)O)c21. The lowest BCUT2D eigenvalue weighted by Crippen LogP contribution is -2.46. The minimum absolute atomic E-state index is 0.0403. The molecule has 2 heterocycles. The molecule has 0 radical (unpaired) electrons. The number of carboxylic acids is 1. The van der Waals surface area contributed by atoms with Gasteiger partial charge in [0.25, 0.3) is 0 Å². The molecule has 0 saturated heterocycles. The van der Waals surface area contributed by atoms with Gasteiger partial charge in [-0.2, -0.15) is 0 Å². The summed E-state index contributed by atoms with van der Waals surface area (Å²) in [6, 6.07) is 20.7. The van der Waals surface area contributed by atoms with Gasteiger partial charge in [-0.25, -0.2) is 10.2 Å². The largest absolute Gasteiger partial charge is 0.508 e. The summed E-state index contributed by atoms with van der Waals surface area (Å²) in [5.41, 5.74) is 7.73. The highest BCUT2D eigenvalue weighted by molar-refractivity contribution is 14.1. The molecule has 7 rings (SSSR count). The molecule has 0 unspecified atom stereocenters. The van der Waals surface area contributed by atoms with Crippen molar-refractivity contribution in [2.75, 3.05) is 0 Å². The average molecular weight is 1140 g/mol. The van der Waals surface area contributed by atoms with Crippen LogP contribution in [0.5, 0.6) is 40.2 Å². The Bertz CT molecular complexity index is 2170. The van der Waals surface area contributed by atoms with Gasteiger partial charge in [-0.15, -0.1) is 0 Å². The Morgan fingerprint density at radius 2 is 1.41 bits per heavy atom. The van der Waals surface area contributed by atoms with Gasteiger partial charge in [-0.05, 0) is 156 Å². The zero-order valence-electron chi connectivity index (χ0n) is 25.8. The van der Waals surface area contributed by atoms with Crippen LogP contribution < -0.4 is 20.3 Å². The molecular formula is C36H24I4N2O9. The standard InChI is InChI=1S/C36H24I4N2O9/c37-24-13-20(14-25(38)32(24)45)49-33-26(39)8-16(9-27(33)40)10-28(34(46)47)42-41-15-17-2-1-3-23-31(17)35(48)51-36(23)21-6-4-18(43)11-29(21)50-30-12-19(44)5-7-22(30)36/h1-9,11-14,28,41-45H,10,15H2,(H,46,47)/t28-/m0/s1. The summed E-state index contributed by atoms with van der Waals surface area (Å²) in [5, 5.41) is 40.6. The van der Waals surface area contributed by atoms with Crippen LogP contribution in [0.1, 0.15) is 38.2 Å². The summed E-state index contributed by atoms with van der Waals surface area (Å²) in [6.45, 7) is 0.0889. The van der Waals surface area contributed by atoms with Crippen LogP contribution in [0.25, 0.3) is 0 Å². The normalized spacial score (nSPS) is 14.2. The molecule has 11 nitrogen and oxygen atoms in total. The number of esters is 1. The minimum atomic E-state index is -1.41. The van der Waals surface area contributed by atoms with Crippen molar-refractivity contribution in [3.05, 3.63) is 127 Å². The third-order valence-electron chi connectivity index (χ3n) is 8.45. The van der Waals surface area contributed by atoms with E-state index >= 15 is 0 Å². The third-order valence-corrected chi connectivity index (χ3v) is 11.7. The second-order valence-corrected chi connectivity index (χ2v) is 16.3. The summed E-state index contributed by atoms with van der Waals surface area (Å²) in [5.74, 6) is 0.216. The number of phenolic OH excluding ortho intramolecular Hbond substituents is 3. The molecule has 15 heteroatoms. The number of hydrogen-bond donors (Lipinski definition) is 6. The number of fused-ring (bicyclic) bond motifs is 6. The maximum absolute atomic E-state index is 13.7. The lowest BCUT2D eigenvalue weighted by Gasteiger charge is -2.36. The first kappa shape index (κ1) is 36.2. The van der Waals surface area contributed by atoms with E-state index in [-0.39, 0.29) is 41.7 Å². The summed E-state index contributed by atoms with van der Waals surface area (Å²) in [4.78, 5) is 26.1. The lowest BCUT2D eigenvalue weighted by atomic mass is 9.77. The Hall–Kier alpha value is -3.12. The molecule has 2 aliphatic rings. The van der Waals surface area contributed by atoms with Crippen molar-refractivity contribution in [3.8, 4) is 40.2 Å². The molecule has 1 atom stereocenters. The number of nitrogens with one attached hydrogen (secondary N) is 2. The number of rotatable bonds is 9. The molecular weight excluding hydrogens is 1110 g/mol. The third kappa shape index (κ3) is 6.80. The average Bonchev–Trinajstić information content (AvgIpc) is 3.37. The first-order valence-corrected chi connectivity index (χ1v) is 19.4. The Labute approximate surface area is 345 Å². The summed E-state index contributed by atoms with van der Waals surface area (Å²) in [7, 11) is 0. The van der Waals surface area contributed by atoms with E-state index in [9.17, 15) is 30.0 Å². The van der Waals surface area contributed by atoms with E-state index in [2.05, 4.69) is 56.0 Å². The van der Waals surface area contributed by atoms with Crippen molar-refractivity contribution >= 4 is 102 Å². The van der Waals surface area contributed by atoms with E-state index < -0.39 is 23.6 Å². The molecule has 5 aromatic rings. The van der Waals surface area contributed by atoms with Crippen LogP contribution in [-0.4, -0.2) is 38.4 Å². The number of carboxylic acid groups (broad SMARTS) is 1. The lowest BCUT2D eigenvalue weighted by molar-refractivity contribution is -0.139. The fourth-order valence-corrected chi connectivity index (χ4v) is 10.0. The van der Waals surface area contributed by atoms with Gasteiger partial charge in [0.15, 0.2) is 11.4 Å². The maximum atomic E-state index is 13.7. The fraction of sp³-hybridized carbons (Fsp3) is 0.111. The quantitative estimate of drug-likeness (QED) is 0.0483. The number of carbonyl (C=O) groups excluding carboxylic acids is 1. The number of hydrazine groups is 1. The molecule has 260 valence electrons. The van der Waals surface area contributed by atoms with Crippen molar-refractivity contribution in [1.82, 2.24) is 10.9 Å². The van der Waals surface area contributed by atoms with Gasteiger partial charge in [0, 0.05) is 35.4 Å². The van der Waals surface area contributed by atoms with Crippen molar-refractivity contribution in [3.63, 3.8) is 0 Å². The highest BCUT2D eigenvalue weighted by Gasteiger charge is 2.54. The van der Waals surface area contributed by atoms with Crippen LogP contribution in [0.3, 0.4) is 0 Å². The van der Waals surface area contributed by atoms with Gasteiger partial charge in [0.1, 0.15) is 40.5 Å². The van der Waals surface area contributed by atoms with Gasteiger partial charge in [-0.1, -0.05) is 18.2 Å². The zero-order valence-corrected chi connectivity index (χ0v) is 34.5. The number of aromatic hydroxyl groups is 3. The topological polar surface area (TPSA) is 167 Å². The predicted molar refractivity (Wildman–Crippen MR) is 219 cm³/mol. The van der Waals surface area contributed by atoms with Gasteiger partial charge >= 0.3 is 11.9 Å². The number of phenols is 3. The molecule has 51 heavy (non-hydrogen) atoms. The molecule has 0 aliphatic carbocycles. The molecule has 2 aliphatic heterocycles. The van der Waals surface area contributed by atoms with E-state index in [4.69, 9.17) is 14.2 Å². The number of carbonyl (C=O) groups is 2. The Balaban J connectivity index is 1.12. The van der Waals surface area contributed by atoms with Crippen molar-refractivity contribution in [1.29, 1.82) is 0 Å². The summed E-state index contributed by atoms with van der Waals surface area (Å²) in [6.07, 6.45) is 0.148. The second-order valence-electron chi connectivity index (χ2n) is 11.7. The summed E-state index contributed by atoms with van der Waals surface area (Å²) >= 11 is 8.41. The molecule has 6 N–H and O–H groups in total. The number of halogens is 4. The van der Waals surface area contributed by atoms with Gasteiger partial charge < -0.3 is 34.6 Å². The minimum Gasteiger partial charge on any atom is -0.508 e. The Kier molecular flexibility index (Phi) is 10.2. The van der Waals surface area contributed by atoms with E-state index in [1.165, 1.54) is 24.3 Å². The van der Waals surface area contributed by atoms with Crippen LogP contribution >= 0.6 is 90.4 Å². The van der Waals surface area contributed by atoms with Gasteiger partial charge in [-0.3, -0.25) is 10.2 Å². The molecule has 0 amide bonds. The highest BCUT2D eigenvalue weighted by Crippen LogP contribution is 2.57. The fourth-order valence-electron chi connectivity index (χ4n) is 6.22. The smallest absolute Gasteiger partial charge is 0.340 e. The molecule has 0 saturated carbocycles. The first-order valence-electron chi connectivity index (χ1n) is 15.1. The van der Waals surface area contributed by atoms with Crippen LogP contribution in [-0.2, 0) is 28.1 Å². The molecule has 1 spiro atoms. The Morgan fingerprint density at radius 1 is 0.804 bits per heavy atom. The van der Waals surface area contributed by atoms with Gasteiger partial charge in [0.2, 0.25) is 0 Å². The van der Waals surface area contributed by atoms with Crippen LogP contribution in [0.4, 0.5) is 0 Å². The highest BCUT2D eigenvalue weighted by atomic mass is 127. The number of ether oxygens (including phenoxy) is 3. The number of hydrogen-bond acceptors (Lipinski definition) is 10. The van der Waals surface area contributed by atoms with E-state index in [0.29, 0.717) is 46.5 Å². The van der Waals surface area contributed by atoms with Crippen molar-refractivity contribution < 1.29 is 44.2 Å². The molecule has 5 aromatic carbocycles. The van der Waals surface area contributed by atoms with E-state index in [0.717, 1.165) is 12.7 Å². The van der Waals surface area contributed by atoms with Crippen molar-refractivity contribution in [2.45, 2.75) is 24.6 Å². The van der Waals surface area contributed by atoms with Crippen LogP contribution in [0.15, 0.2) is 78.9 Å². The maximum Gasteiger partial charge on any atom is 0.340 e. The van der Waals surface area contributed by atoms with Crippen LogP contribution in [0.2, 0.25) is 0 Å². The molecule has 0 fully saturated rings. The van der Waals surface area contributed by atoms with Crippen molar-refractivity contribution in [2.24, 2.45) is 0 Å². The number of benzene rings is 5. The monoisotopic (exact) mass is 1140 g/mol.